The number of hydrogen-bond acceptors (Lipinski definition) is 3. The molecule has 2 rings (SSSR count). The summed E-state index contributed by atoms with van der Waals surface area (Å²) in [5, 5.41) is 7.91. The van der Waals surface area contributed by atoms with Gasteiger partial charge in [-0.3, -0.25) is 0 Å². The first-order valence-electron chi connectivity index (χ1n) is 5.53. The molecule has 1 unspecified atom stereocenters. The van der Waals surface area contributed by atoms with Crippen LogP contribution in [0.3, 0.4) is 0 Å². The molecule has 0 fully saturated rings. The molecule has 0 bridgehead atoms. The van der Waals surface area contributed by atoms with Gasteiger partial charge in [0.05, 0.1) is 6.26 Å². The van der Waals surface area contributed by atoms with Crippen LogP contribution in [0.1, 0.15) is 23.8 Å². The van der Waals surface area contributed by atoms with Crippen molar-refractivity contribution < 1.29 is 4.42 Å². The molecular weight excluding hydrogens is 218 g/mol. The third kappa shape index (κ3) is 2.97. The molecule has 86 valence electrons. The van der Waals surface area contributed by atoms with Gasteiger partial charge >= 0.3 is 0 Å². The lowest BCUT2D eigenvalue weighted by Gasteiger charge is -2.12. The van der Waals surface area contributed by atoms with Crippen LogP contribution in [0, 0.1) is 6.92 Å². The minimum Gasteiger partial charge on any atom is -0.469 e. The van der Waals surface area contributed by atoms with Gasteiger partial charge in [0.1, 0.15) is 5.76 Å². The summed E-state index contributed by atoms with van der Waals surface area (Å²) < 4.78 is 5.33. The lowest BCUT2D eigenvalue weighted by atomic mass is 10.1. The van der Waals surface area contributed by atoms with E-state index < -0.39 is 0 Å². The zero-order chi connectivity index (χ0) is 11.4. The topological polar surface area (TPSA) is 25.2 Å². The second kappa shape index (κ2) is 5.32. The van der Waals surface area contributed by atoms with Gasteiger partial charge in [-0.25, -0.2) is 0 Å². The highest BCUT2D eigenvalue weighted by molar-refractivity contribution is 7.08. The molecule has 16 heavy (non-hydrogen) atoms. The summed E-state index contributed by atoms with van der Waals surface area (Å²) >= 11 is 1.76. The average Bonchev–Trinajstić information content (AvgIpc) is 2.87. The van der Waals surface area contributed by atoms with Crippen LogP contribution < -0.4 is 5.32 Å². The Balaban J connectivity index is 1.80. The van der Waals surface area contributed by atoms with Crippen molar-refractivity contribution in [2.75, 3.05) is 0 Å². The van der Waals surface area contributed by atoms with E-state index in [1.54, 1.807) is 17.6 Å². The fraction of sp³-hybridized carbons (Fsp3) is 0.385. The van der Waals surface area contributed by atoms with Crippen molar-refractivity contribution >= 4 is 11.3 Å². The second-order valence-electron chi connectivity index (χ2n) is 4.15. The third-order valence-corrected chi connectivity index (χ3v) is 3.60. The molecule has 2 aromatic rings. The minimum atomic E-state index is 0.436. The van der Waals surface area contributed by atoms with E-state index in [1.807, 2.05) is 12.1 Å². The summed E-state index contributed by atoms with van der Waals surface area (Å²) in [6.45, 7) is 5.28. The normalized spacial score (nSPS) is 12.9. The number of hydrogen-bond donors (Lipinski definition) is 1. The Morgan fingerprint density at radius 2 is 2.31 bits per heavy atom. The molecule has 0 radical (unpaired) electrons. The molecular formula is C13H17NOS. The van der Waals surface area contributed by atoms with Gasteiger partial charge in [0.2, 0.25) is 0 Å². The molecule has 0 amide bonds. The van der Waals surface area contributed by atoms with Gasteiger partial charge in [-0.05, 0) is 47.9 Å². The summed E-state index contributed by atoms with van der Waals surface area (Å²) in [6.07, 6.45) is 2.67. The fourth-order valence-corrected chi connectivity index (χ4v) is 2.51. The van der Waals surface area contributed by atoms with Crippen LogP contribution in [0.2, 0.25) is 0 Å². The summed E-state index contributed by atoms with van der Waals surface area (Å²) in [4.78, 5) is 0. The average molecular weight is 235 g/mol. The predicted octanol–water partition coefficient (Wildman–Crippen LogP) is 3.37. The van der Waals surface area contributed by atoms with Gasteiger partial charge < -0.3 is 9.73 Å². The van der Waals surface area contributed by atoms with Crippen LogP contribution >= 0.6 is 11.3 Å². The highest BCUT2D eigenvalue weighted by Gasteiger charge is 2.06. The van der Waals surface area contributed by atoms with Crippen LogP contribution in [0.4, 0.5) is 0 Å². The highest BCUT2D eigenvalue weighted by Crippen LogP contribution is 2.13. The van der Waals surface area contributed by atoms with Crippen molar-refractivity contribution in [3.8, 4) is 0 Å². The third-order valence-electron chi connectivity index (χ3n) is 2.69. The van der Waals surface area contributed by atoms with E-state index in [4.69, 9.17) is 4.42 Å². The Morgan fingerprint density at radius 3 is 2.94 bits per heavy atom. The summed E-state index contributed by atoms with van der Waals surface area (Å²) in [5.41, 5.74) is 2.78. The number of rotatable bonds is 5. The van der Waals surface area contributed by atoms with Crippen LogP contribution in [0.15, 0.2) is 33.6 Å². The zero-order valence-corrected chi connectivity index (χ0v) is 10.5. The van der Waals surface area contributed by atoms with E-state index in [0.29, 0.717) is 6.04 Å². The summed E-state index contributed by atoms with van der Waals surface area (Å²) in [5.74, 6) is 1.04. The van der Waals surface area contributed by atoms with E-state index in [2.05, 4.69) is 29.9 Å². The largest absolute Gasteiger partial charge is 0.469 e. The van der Waals surface area contributed by atoms with Crippen molar-refractivity contribution in [1.29, 1.82) is 0 Å². The molecule has 2 heterocycles. The van der Waals surface area contributed by atoms with Gasteiger partial charge in [-0.1, -0.05) is 0 Å². The molecule has 0 aliphatic carbocycles. The Kier molecular flexibility index (Phi) is 3.80. The first kappa shape index (κ1) is 11.4. The molecule has 0 spiro atoms. The summed E-state index contributed by atoms with van der Waals surface area (Å²) in [7, 11) is 0. The van der Waals surface area contributed by atoms with Crippen LogP contribution in [0.25, 0.3) is 0 Å². The zero-order valence-electron chi connectivity index (χ0n) is 9.69. The molecule has 0 aliphatic rings. The van der Waals surface area contributed by atoms with E-state index in [-0.39, 0.29) is 0 Å². The van der Waals surface area contributed by atoms with Gasteiger partial charge in [0, 0.05) is 19.0 Å². The monoisotopic (exact) mass is 235 g/mol. The van der Waals surface area contributed by atoms with Crippen molar-refractivity contribution in [1.82, 2.24) is 5.32 Å². The van der Waals surface area contributed by atoms with Gasteiger partial charge in [0.25, 0.3) is 0 Å². The molecule has 2 nitrogen and oxygen atoms in total. The maximum absolute atomic E-state index is 5.33. The Hall–Kier alpha value is -1.06. The molecule has 0 aromatic carbocycles. The van der Waals surface area contributed by atoms with E-state index in [9.17, 15) is 0 Å². The van der Waals surface area contributed by atoms with Crippen molar-refractivity contribution in [2.24, 2.45) is 0 Å². The molecule has 0 saturated heterocycles. The molecule has 1 atom stereocenters. The van der Waals surface area contributed by atoms with Crippen molar-refractivity contribution in [3.63, 3.8) is 0 Å². The summed E-state index contributed by atoms with van der Waals surface area (Å²) in [6, 6.07) is 4.39. The molecule has 0 saturated carbocycles. The Morgan fingerprint density at radius 1 is 1.44 bits per heavy atom. The maximum Gasteiger partial charge on any atom is 0.105 e. The van der Waals surface area contributed by atoms with E-state index in [0.717, 1.165) is 18.7 Å². The maximum atomic E-state index is 5.33. The minimum absolute atomic E-state index is 0.436. The lowest BCUT2D eigenvalue weighted by Crippen LogP contribution is -2.27. The molecule has 0 aliphatic heterocycles. The van der Waals surface area contributed by atoms with Crippen molar-refractivity contribution in [2.45, 2.75) is 32.9 Å². The fourth-order valence-electron chi connectivity index (χ4n) is 1.65. The van der Waals surface area contributed by atoms with Crippen molar-refractivity contribution in [3.05, 3.63) is 46.0 Å². The Bertz CT molecular complexity index is 419. The molecule has 2 aromatic heterocycles. The first-order chi connectivity index (χ1) is 7.75. The Labute approximate surface area is 100 Å². The molecule has 3 heteroatoms. The smallest absolute Gasteiger partial charge is 0.105 e. The number of thiophene rings is 1. The van der Waals surface area contributed by atoms with E-state index >= 15 is 0 Å². The van der Waals surface area contributed by atoms with Crippen LogP contribution in [0.5, 0.6) is 0 Å². The van der Waals surface area contributed by atoms with Crippen LogP contribution in [-0.2, 0) is 13.0 Å². The first-order valence-corrected chi connectivity index (χ1v) is 6.47. The SMILES string of the molecule is Cc1cscc1CNC(C)Cc1ccco1. The van der Waals surface area contributed by atoms with Gasteiger partial charge in [-0.2, -0.15) is 11.3 Å². The number of nitrogens with one attached hydrogen (secondary N) is 1. The lowest BCUT2D eigenvalue weighted by molar-refractivity contribution is 0.456. The number of aryl methyl sites for hydroxylation is 1. The standard InChI is InChI=1S/C13H17NOS/c1-10-8-16-9-12(10)7-14-11(2)6-13-4-3-5-15-13/h3-5,8-9,11,14H,6-7H2,1-2H3. The van der Waals surface area contributed by atoms with Gasteiger partial charge in [-0.15, -0.1) is 0 Å². The predicted molar refractivity (Wildman–Crippen MR) is 67.8 cm³/mol. The second-order valence-corrected chi connectivity index (χ2v) is 4.89. The number of furan rings is 1. The van der Waals surface area contributed by atoms with Gasteiger partial charge in [0.15, 0.2) is 0 Å². The highest BCUT2D eigenvalue weighted by atomic mass is 32.1. The quantitative estimate of drug-likeness (QED) is 0.859. The van der Waals surface area contributed by atoms with E-state index in [1.165, 1.54) is 11.1 Å². The molecule has 1 N–H and O–H groups in total. The van der Waals surface area contributed by atoms with Crippen LogP contribution in [-0.4, -0.2) is 6.04 Å².